The summed E-state index contributed by atoms with van der Waals surface area (Å²) in [5, 5.41) is 12.4. The first-order valence-corrected chi connectivity index (χ1v) is 12.3. The van der Waals surface area contributed by atoms with Crippen molar-refractivity contribution in [3.8, 4) is 0 Å². The molecule has 2 rings (SSSR count). The van der Waals surface area contributed by atoms with Gasteiger partial charge in [-0.05, 0) is 68.7 Å². The summed E-state index contributed by atoms with van der Waals surface area (Å²) >= 11 is 0. The predicted octanol–water partition coefficient (Wildman–Crippen LogP) is 5.11. The van der Waals surface area contributed by atoms with Crippen molar-refractivity contribution in [2.75, 3.05) is 26.2 Å². The van der Waals surface area contributed by atoms with E-state index >= 15 is 0 Å². The Morgan fingerprint density at radius 3 is 2.54 bits per heavy atom. The third-order valence-electron chi connectivity index (χ3n) is 6.76. The van der Waals surface area contributed by atoms with E-state index in [9.17, 15) is 23.1 Å². The molecule has 0 saturated carbocycles. The molecule has 1 amide bonds. The van der Waals surface area contributed by atoms with E-state index in [1.165, 1.54) is 6.07 Å². The number of nitrogens with one attached hydrogen (secondary N) is 1. The van der Waals surface area contributed by atoms with E-state index in [4.69, 9.17) is 0 Å². The molecular formula is C28H37F3N4O2. The second-order valence-corrected chi connectivity index (χ2v) is 9.45. The summed E-state index contributed by atoms with van der Waals surface area (Å²) in [5.41, 5.74) is 1.67. The van der Waals surface area contributed by atoms with Crippen molar-refractivity contribution in [3.05, 3.63) is 65.8 Å². The molecule has 1 saturated heterocycles. The van der Waals surface area contributed by atoms with Crippen LogP contribution in [0.25, 0.3) is 0 Å². The smallest absolute Gasteiger partial charge is 0.392 e. The molecule has 0 bridgehead atoms. The maximum Gasteiger partial charge on any atom is 0.416 e. The molecule has 1 aromatic rings. The SMILES string of the molecule is C=CC=C(CO)C(=C)C(C)CCC(C)N1CC(NC(=O)CN=C(C)c2cc(C(F)(F)F)ccc2N=C)C1. The molecule has 1 heterocycles. The lowest BCUT2D eigenvalue weighted by Gasteiger charge is -2.43. The molecule has 1 aromatic carbocycles. The topological polar surface area (TPSA) is 77.3 Å². The van der Waals surface area contributed by atoms with Gasteiger partial charge >= 0.3 is 6.18 Å². The Balaban J connectivity index is 1.83. The third-order valence-corrected chi connectivity index (χ3v) is 6.76. The summed E-state index contributed by atoms with van der Waals surface area (Å²) in [4.78, 5) is 22.6. The van der Waals surface area contributed by atoms with Gasteiger partial charge in [-0.1, -0.05) is 32.2 Å². The Morgan fingerprint density at radius 2 is 1.97 bits per heavy atom. The Hall–Kier alpha value is -3.04. The second-order valence-electron chi connectivity index (χ2n) is 9.45. The number of carbonyl (C=O) groups is 1. The van der Waals surface area contributed by atoms with Gasteiger partial charge in [0, 0.05) is 30.4 Å². The van der Waals surface area contributed by atoms with Gasteiger partial charge in [-0.15, -0.1) is 0 Å². The Bertz CT molecular complexity index is 1060. The minimum absolute atomic E-state index is 0.00770. The van der Waals surface area contributed by atoms with E-state index in [-0.39, 0.29) is 48.0 Å². The van der Waals surface area contributed by atoms with Crippen LogP contribution >= 0.6 is 0 Å². The molecule has 2 atom stereocenters. The number of rotatable bonds is 13. The largest absolute Gasteiger partial charge is 0.416 e. The Kier molecular flexibility index (Phi) is 11.0. The standard InChI is InChI=1S/C28H37F3N4O2/c1-7-8-22(17-36)20(4)18(2)9-10-19(3)35-15-24(16-35)34-27(37)14-33-21(5)25-13-23(28(29,30)31)11-12-26(25)32-6/h7-8,11-13,18-19,24,36H,1,4,6,9-10,14-17H2,2-3,5H3,(H,34,37). The first-order valence-electron chi connectivity index (χ1n) is 12.3. The lowest BCUT2D eigenvalue weighted by atomic mass is 9.89. The van der Waals surface area contributed by atoms with Crippen LogP contribution in [0.3, 0.4) is 0 Å². The molecule has 1 aliphatic rings. The summed E-state index contributed by atoms with van der Waals surface area (Å²) in [6.07, 6.45) is 0.816. The van der Waals surface area contributed by atoms with Crippen LogP contribution in [0, 0.1) is 5.92 Å². The van der Waals surface area contributed by atoms with Gasteiger partial charge < -0.3 is 10.4 Å². The number of likely N-dealkylation sites (tertiary alicyclic amines) is 1. The van der Waals surface area contributed by atoms with E-state index in [1.54, 1.807) is 19.1 Å². The number of alkyl halides is 3. The molecule has 1 fully saturated rings. The summed E-state index contributed by atoms with van der Waals surface area (Å²) in [6, 6.07) is 3.50. The van der Waals surface area contributed by atoms with Crippen LogP contribution in [-0.2, 0) is 11.0 Å². The normalized spacial score (nSPS) is 17.1. The number of aliphatic imine (C=N–C) groups is 2. The van der Waals surface area contributed by atoms with E-state index in [1.807, 2.05) is 0 Å². The van der Waals surface area contributed by atoms with Gasteiger partial charge in [-0.3, -0.25) is 19.7 Å². The second kappa shape index (κ2) is 13.5. The van der Waals surface area contributed by atoms with Gasteiger partial charge in [0.2, 0.25) is 5.91 Å². The lowest BCUT2D eigenvalue weighted by Crippen LogP contribution is -2.61. The van der Waals surface area contributed by atoms with Gasteiger partial charge in [-0.25, -0.2) is 0 Å². The van der Waals surface area contributed by atoms with Crippen LogP contribution in [0.1, 0.15) is 44.7 Å². The number of nitrogens with zero attached hydrogens (tertiary/aromatic N) is 3. The van der Waals surface area contributed by atoms with Crippen LogP contribution in [0.2, 0.25) is 0 Å². The molecule has 9 heteroatoms. The number of benzene rings is 1. The van der Waals surface area contributed by atoms with Crippen molar-refractivity contribution in [1.82, 2.24) is 10.2 Å². The fourth-order valence-electron chi connectivity index (χ4n) is 4.22. The number of aliphatic hydroxyl groups is 1. The number of halogens is 3. The molecule has 6 nitrogen and oxygen atoms in total. The Labute approximate surface area is 217 Å². The van der Waals surface area contributed by atoms with E-state index in [2.05, 4.69) is 53.9 Å². The average Bonchev–Trinajstić information content (AvgIpc) is 2.84. The van der Waals surface area contributed by atoms with E-state index < -0.39 is 11.7 Å². The highest BCUT2D eigenvalue weighted by Crippen LogP contribution is 2.33. The number of carbonyl (C=O) groups excluding carboxylic acids is 1. The minimum Gasteiger partial charge on any atom is -0.392 e. The quantitative estimate of drug-likeness (QED) is 0.281. The summed E-state index contributed by atoms with van der Waals surface area (Å²) in [7, 11) is 0. The molecule has 0 aromatic heterocycles. The van der Waals surface area contributed by atoms with Gasteiger partial charge in [0.05, 0.1) is 23.9 Å². The van der Waals surface area contributed by atoms with Gasteiger partial charge in [0.15, 0.2) is 0 Å². The number of hydrogen-bond acceptors (Lipinski definition) is 5. The average molecular weight is 519 g/mol. The molecule has 0 radical (unpaired) electrons. The number of amides is 1. The maximum absolute atomic E-state index is 13.1. The monoisotopic (exact) mass is 518 g/mol. The summed E-state index contributed by atoms with van der Waals surface area (Å²) < 4.78 is 39.3. The van der Waals surface area contributed by atoms with Crippen molar-refractivity contribution in [2.45, 2.75) is 51.9 Å². The van der Waals surface area contributed by atoms with Crippen LogP contribution < -0.4 is 5.32 Å². The predicted molar refractivity (Wildman–Crippen MR) is 144 cm³/mol. The maximum atomic E-state index is 13.1. The van der Waals surface area contributed by atoms with Crippen molar-refractivity contribution in [3.63, 3.8) is 0 Å². The molecule has 202 valence electrons. The summed E-state index contributed by atoms with van der Waals surface area (Å²) in [6.45, 7) is 18.2. The highest BCUT2D eigenvalue weighted by Gasteiger charge is 2.32. The fourth-order valence-corrected chi connectivity index (χ4v) is 4.22. The molecule has 2 unspecified atom stereocenters. The highest BCUT2D eigenvalue weighted by atomic mass is 19.4. The molecule has 0 aliphatic carbocycles. The molecule has 1 aliphatic heterocycles. The highest BCUT2D eigenvalue weighted by molar-refractivity contribution is 6.04. The zero-order chi connectivity index (χ0) is 27.8. The van der Waals surface area contributed by atoms with E-state index in [0.29, 0.717) is 6.04 Å². The molecular weight excluding hydrogens is 481 g/mol. The zero-order valence-corrected chi connectivity index (χ0v) is 21.8. The van der Waals surface area contributed by atoms with E-state index in [0.717, 1.165) is 49.2 Å². The van der Waals surface area contributed by atoms with Crippen LogP contribution in [0.5, 0.6) is 0 Å². The third kappa shape index (κ3) is 8.50. The van der Waals surface area contributed by atoms with Gasteiger partial charge in [-0.2, -0.15) is 13.2 Å². The zero-order valence-electron chi connectivity index (χ0n) is 21.8. The van der Waals surface area contributed by atoms with Gasteiger partial charge in [0.1, 0.15) is 6.54 Å². The lowest BCUT2D eigenvalue weighted by molar-refractivity contribution is -0.137. The minimum atomic E-state index is -4.49. The van der Waals surface area contributed by atoms with Crippen molar-refractivity contribution < 1.29 is 23.1 Å². The van der Waals surface area contributed by atoms with Crippen LogP contribution in [-0.4, -0.2) is 66.7 Å². The van der Waals surface area contributed by atoms with Crippen LogP contribution in [0.15, 0.2) is 64.6 Å². The summed E-state index contributed by atoms with van der Waals surface area (Å²) in [5.74, 6) is -0.0560. The van der Waals surface area contributed by atoms with Crippen molar-refractivity contribution in [2.24, 2.45) is 15.9 Å². The molecule has 37 heavy (non-hydrogen) atoms. The number of aliphatic hydroxyl groups excluding tert-OH is 1. The van der Waals surface area contributed by atoms with Crippen molar-refractivity contribution in [1.29, 1.82) is 0 Å². The fraction of sp³-hybridized carbons (Fsp3) is 0.464. The molecule has 0 spiro atoms. The number of allylic oxidation sites excluding steroid dienone is 2. The van der Waals surface area contributed by atoms with Gasteiger partial charge in [0.25, 0.3) is 0 Å². The first-order chi connectivity index (χ1) is 17.4. The first kappa shape index (κ1) is 30.2. The Morgan fingerprint density at radius 1 is 1.30 bits per heavy atom. The number of hydrogen-bond donors (Lipinski definition) is 2. The van der Waals surface area contributed by atoms with Crippen molar-refractivity contribution >= 4 is 24.0 Å². The molecule has 2 N–H and O–H groups in total. The van der Waals surface area contributed by atoms with Crippen LogP contribution in [0.4, 0.5) is 18.9 Å².